The van der Waals surface area contributed by atoms with Gasteiger partial charge in [0.15, 0.2) is 5.76 Å². The number of anilines is 1. The van der Waals surface area contributed by atoms with Crippen LogP contribution in [0.5, 0.6) is 0 Å². The molecule has 2 aromatic heterocycles. The molecule has 3 rings (SSSR count). The highest BCUT2D eigenvalue weighted by molar-refractivity contribution is 7.22. The third-order valence-electron chi connectivity index (χ3n) is 2.85. The molecule has 0 spiro atoms. The number of nitrogens with zero attached hydrogens (tertiary/aromatic N) is 1. The van der Waals surface area contributed by atoms with Crippen LogP contribution in [0, 0.1) is 13.8 Å². The Kier molecular flexibility index (Phi) is 3.15. The number of nitrogens with one attached hydrogen (secondary N) is 2. The first kappa shape index (κ1) is 12.7. The second kappa shape index (κ2) is 4.97. The van der Waals surface area contributed by atoms with Gasteiger partial charge in [0.05, 0.1) is 16.5 Å². The van der Waals surface area contributed by atoms with E-state index >= 15 is 0 Å². The van der Waals surface area contributed by atoms with Gasteiger partial charge in [-0.3, -0.25) is 15.6 Å². The lowest BCUT2D eigenvalue weighted by atomic mass is 10.1. The molecule has 3 aromatic rings. The fourth-order valence-electron chi connectivity index (χ4n) is 2.01. The van der Waals surface area contributed by atoms with Gasteiger partial charge >= 0.3 is 5.91 Å². The summed E-state index contributed by atoms with van der Waals surface area (Å²) >= 11 is 1.50. The summed E-state index contributed by atoms with van der Waals surface area (Å²) in [6.07, 6.45) is 1.46. The van der Waals surface area contributed by atoms with Crippen molar-refractivity contribution in [3.8, 4) is 0 Å². The normalized spacial score (nSPS) is 10.7. The molecule has 6 heteroatoms. The molecular weight excluding hydrogens is 274 g/mol. The van der Waals surface area contributed by atoms with Crippen molar-refractivity contribution in [3.63, 3.8) is 0 Å². The van der Waals surface area contributed by atoms with Crippen molar-refractivity contribution >= 4 is 32.6 Å². The Morgan fingerprint density at radius 2 is 2.20 bits per heavy atom. The first-order chi connectivity index (χ1) is 9.63. The molecule has 2 heterocycles. The Morgan fingerprint density at radius 1 is 1.35 bits per heavy atom. The zero-order valence-electron chi connectivity index (χ0n) is 11.1. The number of hydrazine groups is 1. The number of aromatic nitrogens is 1. The predicted molar refractivity (Wildman–Crippen MR) is 78.9 cm³/mol. The molecule has 1 aromatic carbocycles. The van der Waals surface area contributed by atoms with Crippen LogP contribution in [0.3, 0.4) is 0 Å². The molecule has 0 radical (unpaired) electrons. The Bertz CT molecular complexity index is 762. The van der Waals surface area contributed by atoms with Gasteiger partial charge in [-0.2, -0.15) is 0 Å². The number of hydrogen-bond acceptors (Lipinski definition) is 5. The Hall–Kier alpha value is -2.34. The maximum atomic E-state index is 11.7. The van der Waals surface area contributed by atoms with Crippen molar-refractivity contribution < 1.29 is 9.21 Å². The Balaban J connectivity index is 1.78. The van der Waals surface area contributed by atoms with E-state index in [2.05, 4.69) is 28.8 Å². The maximum absolute atomic E-state index is 11.7. The predicted octanol–water partition coefficient (Wildman–Crippen LogP) is 3.26. The molecule has 20 heavy (non-hydrogen) atoms. The average molecular weight is 287 g/mol. The number of amides is 1. The number of hydrogen-bond donors (Lipinski definition) is 2. The van der Waals surface area contributed by atoms with Gasteiger partial charge in [-0.05, 0) is 43.2 Å². The summed E-state index contributed by atoms with van der Waals surface area (Å²) in [5.74, 6) is -0.0761. The minimum atomic E-state index is -0.331. The van der Waals surface area contributed by atoms with E-state index in [-0.39, 0.29) is 11.7 Å². The Labute approximate surface area is 119 Å². The number of furan rings is 1. The minimum absolute atomic E-state index is 0.255. The van der Waals surface area contributed by atoms with Crippen LogP contribution in [0.1, 0.15) is 21.7 Å². The second-order valence-electron chi connectivity index (χ2n) is 4.51. The number of benzene rings is 1. The standard InChI is InChI=1S/C14H13N3O2S/c1-8-6-9(2)12-10(7-8)15-14(20-12)17-16-13(18)11-4-3-5-19-11/h3-7H,1-2H3,(H,15,17)(H,16,18). The van der Waals surface area contributed by atoms with Crippen LogP contribution in [0.4, 0.5) is 5.13 Å². The van der Waals surface area contributed by atoms with Crippen molar-refractivity contribution in [2.75, 3.05) is 5.43 Å². The molecule has 0 unspecified atom stereocenters. The summed E-state index contributed by atoms with van der Waals surface area (Å²) in [4.78, 5) is 16.2. The summed E-state index contributed by atoms with van der Waals surface area (Å²) in [6, 6.07) is 7.41. The van der Waals surface area contributed by atoms with Crippen LogP contribution in [0.2, 0.25) is 0 Å². The fraction of sp³-hybridized carbons (Fsp3) is 0.143. The van der Waals surface area contributed by atoms with Gasteiger partial charge in [0.25, 0.3) is 0 Å². The van der Waals surface area contributed by atoms with E-state index in [1.54, 1.807) is 12.1 Å². The van der Waals surface area contributed by atoms with Crippen LogP contribution in [-0.2, 0) is 0 Å². The monoisotopic (exact) mass is 287 g/mol. The van der Waals surface area contributed by atoms with Crippen molar-refractivity contribution in [1.82, 2.24) is 10.4 Å². The lowest BCUT2D eigenvalue weighted by Gasteiger charge is -2.02. The number of rotatable bonds is 3. The van der Waals surface area contributed by atoms with Crippen molar-refractivity contribution in [3.05, 3.63) is 47.4 Å². The van der Waals surface area contributed by atoms with Gasteiger partial charge in [0.1, 0.15) is 0 Å². The molecule has 1 amide bonds. The van der Waals surface area contributed by atoms with E-state index in [0.717, 1.165) is 10.2 Å². The lowest BCUT2D eigenvalue weighted by Crippen LogP contribution is -2.28. The smallest absolute Gasteiger partial charge is 0.305 e. The molecule has 0 fully saturated rings. The molecule has 2 N–H and O–H groups in total. The van der Waals surface area contributed by atoms with Gasteiger partial charge in [0.2, 0.25) is 5.13 Å². The molecular formula is C14H13N3O2S. The topological polar surface area (TPSA) is 67.2 Å². The first-order valence-electron chi connectivity index (χ1n) is 6.11. The molecule has 0 atom stereocenters. The zero-order chi connectivity index (χ0) is 14.1. The zero-order valence-corrected chi connectivity index (χ0v) is 11.9. The minimum Gasteiger partial charge on any atom is -0.459 e. The summed E-state index contributed by atoms with van der Waals surface area (Å²) in [5, 5.41) is 0.647. The van der Waals surface area contributed by atoms with Crippen molar-refractivity contribution in [2.24, 2.45) is 0 Å². The maximum Gasteiger partial charge on any atom is 0.305 e. The third kappa shape index (κ3) is 2.37. The average Bonchev–Trinajstić information content (AvgIpc) is 3.04. The second-order valence-corrected chi connectivity index (χ2v) is 5.50. The largest absolute Gasteiger partial charge is 0.459 e. The first-order valence-corrected chi connectivity index (χ1v) is 6.93. The molecule has 102 valence electrons. The number of fused-ring (bicyclic) bond motifs is 1. The van der Waals surface area contributed by atoms with Gasteiger partial charge in [-0.1, -0.05) is 17.4 Å². The molecule has 5 nitrogen and oxygen atoms in total. The van der Waals surface area contributed by atoms with E-state index in [1.807, 2.05) is 13.0 Å². The molecule has 0 aliphatic rings. The highest BCUT2D eigenvalue weighted by Gasteiger charge is 2.10. The van der Waals surface area contributed by atoms with Crippen LogP contribution >= 0.6 is 11.3 Å². The summed E-state index contributed by atoms with van der Waals surface area (Å²) in [7, 11) is 0. The fourth-order valence-corrected chi connectivity index (χ4v) is 2.88. The van der Waals surface area contributed by atoms with Crippen LogP contribution in [0.15, 0.2) is 34.9 Å². The van der Waals surface area contributed by atoms with Crippen LogP contribution < -0.4 is 10.9 Å². The third-order valence-corrected chi connectivity index (χ3v) is 3.97. The van der Waals surface area contributed by atoms with Gasteiger partial charge in [-0.25, -0.2) is 4.98 Å². The number of aryl methyl sites for hydroxylation is 2. The van der Waals surface area contributed by atoms with E-state index < -0.39 is 0 Å². The molecule has 0 saturated carbocycles. The number of carbonyl (C=O) groups is 1. The lowest BCUT2D eigenvalue weighted by molar-refractivity contribution is 0.0935. The highest BCUT2D eigenvalue weighted by atomic mass is 32.1. The summed E-state index contributed by atoms with van der Waals surface area (Å²) in [6.45, 7) is 4.09. The molecule has 0 bridgehead atoms. The van der Waals surface area contributed by atoms with E-state index in [1.165, 1.54) is 28.7 Å². The van der Waals surface area contributed by atoms with Crippen LogP contribution in [0.25, 0.3) is 10.2 Å². The SMILES string of the molecule is Cc1cc(C)c2sc(NNC(=O)c3ccco3)nc2c1. The number of carbonyl (C=O) groups excluding carboxylic acids is 1. The molecule has 0 aliphatic heterocycles. The van der Waals surface area contributed by atoms with E-state index in [4.69, 9.17) is 4.42 Å². The van der Waals surface area contributed by atoms with E-state index in [9.17, 15) is 4.79 Å². The van der Waals surface area contributed by atoms with Crippen LogP contribution in [-0.4, -0.2) is 10.9 Å². The summed E-state index contributed by atoms with van der Waals surface area (Å²) < 4.78 is 6.12. The van der Waals surface area contributed by atoms with Gasteiger partial charge < -0.3 is 4.42 Å². The van der Waals surface area contributed by atoms with Crippen molar-refractivity contribution in [2.45, 2.75) is 13.8 Å². The molecule has 0 aliphatic carbocycles. The quantitative estimate of drug-likeness (QED) is 0.726. The van der Waals surface area contributed by atoms with E-state index in [0.29, 0.717) is 5.13 Å². The Morgan fingerprint density at radius 3 is 2.95 bits per heavy atom. The van der Waals surface area contributed by atoms with Gasteiger partial charge in [-0.15, -0.1) is 0 Å². The molecule has 0 saturated heterocycles. The number of thiazole rings is 1. The van der Waals surface area contributed by atoms with Crippen molar-refractivity contribution in [1.29, 1.82) is 0 Å². The van der Waals surface area contributed by atoms with Gasteiger partial charge in [0, 0.05) is 0 Å². The highest BCUT2D eigenvalue weighted by Crippen LogP contribution is 2.29. The summed E-state index contributed by atoms with van der Waals surface area (Å²) in [5.41, 5.74) is 8.67.